The number of nitro groups is 1. The van der Waals surface area contributed by atoms with Crippen molar-refractivity contribution in [3.63, 3.8) is 0 Å². The summed E-state index contributed by atoms with van der Waals surface area (Å²) in [6.07, 6.45) is 0.936. The van der Waals surface area contributed by atoms with E-state index in [1.807, 2.05) is 0 Å². The number of halogens is 3. The van der Waals surface area contributed by atoms with Gasteiger partial charge >= 0.3 is 0 Å². The van der Waals surface area contributed by atoms with Crippen molar-refractivity contribution in [2.45, 2.75) is 19.8 Å². The second kappa shape index (κ2) is 6.08. The van der Waals surface area contributed by atoms with Crippen molar-refractivity contribution >= 4 is 33.0 Å². The Morgan fingerprint density at radius 1 is 1.55 bits per heavy atom. The minimum Gasteiger partial charge on any atom is -0.354 e. The Balaban J connectivity index is 3.02. The number of rotatable bonds is 5. The summed E-state index contributed by atoms with van der Waals surface area (Å²) in [5.74, 6) is -3.26. The molecule has 1 aromatic carbocycles. The zero-order chi connectivity index (χ0) is 15.5. The molecule has 0 radical (unpaired) electrons. The highest BCUT2D eigenvalue weighted by Crippen LogP contribution is 2.29. The van der Waals surface area contributed by atoms with Gasteiger partial charge in [0.2, 0.25) is 0 Å². The van der Waals surface area contributed by atoms with Crippen LogP contribution in [-0.4, -0.2) is 16.6 Å². The van der Waals surface area contributed by atoms with Gasteiger partial charge in [-0.25, -0.2) is 0 Å². The zero-order valence-electron chi connectivity index (χ0n) is 10.7. The normalized spacial score (nSPS) is 12.2. The van der Waals surface area contributed by atoms with E-state index in [1.165, 1.54) is 19.1 Å². The third kappa shape index (κ3) is 4.37. The fourth-order valence-corrected chi connectivity index (χ4v) is 1.70. The van der Waals surface area contributed by atoms with Crippen molar-refractivity contribution in [3.05, 3.63) is 44.6 Å². The molecule has 0 fully saturated rings. The second-order valence-corrected chi connectivity index (χ2v) is 5.09. The molecule has 108 valence electrons. The van der Waals surface area contributed by atoms with Crippen LogP contribution in [-0.2, 0) is 0 Å². The topological polar surface area (TPSA) is 79.0 Å². The summed E-state index contributed by atoms with van der Waals surface area (Å²) in [6.45, 7) is 2.06. The van der Waals surface area contributed by atoms with Crippen LogP contribution in [0.5, 0.6) is 0 Å². The third-order valence-electron chi connectivity index (χ3n) is 2.32. The minimum absolute atomic E-state index is 0.166. The van der Waals surface area contributed by atoms with Gasteiger partial charge in [0.1, 0.15) is 11.4 Å². The molecule has 20 heavy (non-hydrogen) atoms. The average Bonchev–Trinajstić information content (AvgIpc) is 2.29. The summed E-state index contributed by atoms with van der Waals surface area (Å²) in [5.41, 5.74) is -0.690. The average molecular weight is 348 g/mol. The van der Waals surface area contributed by atoms with Gasteiger partial charge in [-0.05, 0) is 25.1 Å². The minimum atomic E-state index is -3.26. The van der Waals surface area contributed by atoms with Gasteiger partial charge in [0, 0.05) is 23.2 Å². The number of hydrogen-bond donors (Lipinski definition) is 2. The molecular formula is C12H12BrF2N3O2. The summed E-state index contributed by atoms with van der Waals surface area (Å²) in [5, 5.41) is 20.7. The van der Waals surface area contributed by atoms with Crippen molar-refractivity contribution in [1.29, 1.82) is 5.41 Å². The van der Waals surface area contributed by atoms with Crippen molar-refractivity contribution < 1.29 is 13.7 Å². The van der Waals surface area contributed by atoms with Gasteiger partial charge in [-0.1, -0.05) is 15.9 Å². The highest BCUT2D eigenvalue weighted by molar-refractivity contribution is 9.10. The number of alkyl halides is 2. The van der Waals surface area contributed by atoms with E-state index in [1.54, 1.807) is 6.07 Å². The van der Waals surface area contributed by atoms with E-state index >= 15 is 0 Å². The van der Waals surface area contributed by atoms with Crippen LogP contribution >= 0.6 is 15.9 Å². The standard InChI is InChI=1S/C12H12BrF2N3O2/c1-7(5-11(16)12(2,14)15)17-9-4-3-8(13)6-10(9)18(19)20/h3-6,16-17H,1-2H3/b7-5-,16-11?. The summed E-state index contributed by atoms with van der Waals surface area (Å²) in [4.78, 5) is 10.3. The molecule has 0 aliphatic carbocycles. The Kier molecular flexibility index (Phi) is 4.93. The van der Waals surface area contributed by atoms with Gasteiger partial charge in [0.15, 0.2) is 0 Å². The first-order valence-corrected chi connectivity index (χ1v) is 6.26. The van der Waals surface area contributed by atoms with Gasteiger partial charge in [-0.3, -0.25) is 15.5 Å². The molecule has 8 heteroatoms. The summed E-state index contributed by atoms with van der Waals surface area (Å²) in [6, 6.07) is 4.34. The molecule has 0 unspecified atom stereocenters. The maximum absolute atomic E-state index is 12.9. The number of allylic oxidation sites excluding steroid dienone is 2. The molecule has 0 saturated carbocycles. The Hall–Kier alpha value is -1.83. The zero-order valence-corrected chi connectivity index (χ0v) is 12.3. The Bertz CT molecular complexity index is 583. The molecule has 1 rings (SSSR count). The van der Waals surface area contributed by atoms with Gasteiger partial charge in [0.05, 0.1) is 4.92 Å². The quantitative estimate of drug-likeness (QED) is 0.472. The second-order valence-electron chi connectivity index (χ2n) is 4.17. The van der Waals surface area contributed by atoms with E-state index in [-0.39, 0.29) is 17.1 Å². The van der Waals surface area contributed by atoms with Crippen LogP contribution in [0.4, 0.5) is 20.2 Å². The van der Waals surface area contributed by atoms with Crippen LogP contribution in [0.2, 0.25) is 0 Å². The first-order valence-electron chi connectivity index (χ1n) is 5.47. The van der Waals surface area contributed by atoms with Crippen LogP contribution < -0.4 is 5.32 Å². The molecule has 0 aliphatic heterocycles. The number of hydrogen-bond acceptors (Lipinski definition) is 4. The predicted octanol–water partition coefficient (Wildman–Crippen LogP) is 4.35. The Morgan fingerprint density at radius 2 is 2.15 bits per heavy atom. The molecule has 0 bridgehead atoms. The van der Waals surface area contributed by atoms with Gasteiger partial charge in [0.25, 0.3) is 11.6 Å². The number of nitro benzene ring substituents is 1. The van der Waals surface area contributed by atoms with Gasteiger partial charge in [-0.2, -0.15) is 8.78 Å². The fourth-order valence-electron chi connectivity index (χ4n) is 1.35. The van der Waals surface area contributed by atoms with Gasteiger partial charge in [-0.15, -0.1) is 0 Å². The lowest BCUT2D eigenvalue weighted by molar-refractivity contribution is -0.384. The summed E-state index contributed by atoms with van der Waals surface area (Å²) in [7, 11) is 0. The Labute approximate surface area is 122 Å². The van der Waals surface area contributed by atoms with Crippen LogP contribution in [0.25, 0.3) is 0 Å². The molecule has 0 spiro atoms. The Morgan fingerprint density at radius 3 is 2.65 bits per heavy atom. The number of nitrogens with one attached hydrogen (secondary N) is 2. The lowest BCUT2D eigenvalue weighted by atomic mass is 10.2. The van der Waals surface area contributed by atoms with E-state index in [9.17, 15) is 18.9 Å². The van der Waals surface area contributed by atoms with E-state index in [0.29, 0.717) is 11.4 Å². The van der Waals surface area contributed by atoms with Crippen LogP contribution in [0.1, 0.15) is 13.8 Å². The van der Waals surface area contributed by atoms with Crippen molar-refractivity contribution in [3.8, 4) is 0 Å². The maximum atomic E-state index is 12.9. The molecule has 5 nitrogen and oxygen atoms in total. The van der Waals surface area contributed by atoms with E-state index in [4.69, 9.17) is 5.41 Å². The first kappa shape index (κ1) is 16.2. The molecule has 0 aromatic heterocycles. The first-order chi connectivity index (χ1) is 9.11. The highest BCUT2D eigenvalue weighted by Gasteiger charge is 2.26. The van der Waals surface area contributed by atoms with E-state index < -0.39 is 16.6 Å². The largest absolute Gasteiger partial charge is 0.354 e. The third-order valence-corrected chi connectivity index (χ3v) is 2.82. The van der Waals surface area contributed by atoms with Crippen molar-refractivity contribution in [2.75, 3.05) is 5.32 Å². The molecule has 0 amide bonds. The number of nitrogens with zero attached hydrogens (tertiary/aromatic N) is 1. The summed E-state index contributed by atoms with van der Waals surface area (Å²) < 4.78 is 26.3. The molecule has 0 aliphatic rings. The molecule has 2 N–H and O–H groups in total. The fraction of sp³-hybridized carbons (Fsp3) is 0.250. The van der Waals surface area contributed by atoms with Crippen molar-refractivity contribution in [1.82, 2.24) is 0 Å². The number of anilines is 1. The molecular weight excluding hydrogens is 336 g/mol. The van der Waals surface area contributed by atoms with Crippen LogP contribution in [0.15, 0.2) is 34.4 Å². The maximum Gasteiger partial charge on any atom is 0.293 e. The SMILES string of the molecule is C/C(=C/C(=N)C(C)(F)F)Nc1ccc(Br)cc1[N+](=O)[O-]. The van der Waals surface area contributed by atoms with E-state index in [0.717, 1.165) is 6.08 Å². The molecule has 0 saturated heterocycles. The molecule has 1 aromatic rings. The number of benzene rings is 1. The lowest BCUT2D eigenvalue weighted by Crippen LogP contribution is -2.22. The predicted molar refractivity (Wildman–Crippen MR) is 76.5 cm³/mol. The van der Waals surface area contributed by atoms with E-state index in [2.05, 4.69) is 21.2 Å². The molecule has 0 heterocycles. The molecule has 0 atom stereocenters. The summed E-state index contributed by atoms with van der Waals surface area (Å²) >= 11 is 3.12. The van der Waals surface area contributed by atoms with Crippen LogP contribution in [0.3, 0.4) is 0 Å². The van der Waals surface area contributed by atoms with Crippen molar-refractivity contribution in [2.24, 2.45) is 0 Å². The monoisotopic (exact) mass is 347 g/mol. The van der Waals surface area contributed by atoms with Gasteiger partial charge < -0.3 is 5.32 Å². The smallest absolute Gasteiger partial charge is 0.293 e. The van der Waals surface area contributed by atoms with Crippen LogP contribution in [0, 0.1) is 15.5 Å². The lowest BCUT2D eigenvalue weighted by Gasteiger charge is -2.11. The highest BCUT2D eigenvalue weighted by atomic mass is 79.9.